The van der Waals surface area contributed by atoms with Gasteiger partial charge in [-0.3, -0.25) is 4.79 Å². The number of rotatable bonds is 4. The van der Waals surface area contributed by atoms with Gasteiger partial charge in [-0.25, -0.2) is 9.18 Å². The van der Waals surface area contributed by atoms with E-state index in [1.807, 2.05) is 12.2 Å². The van der Waals surface area contributed by atoms with Crippen molar-refractivity contribution in [2.45, 2.75) is 64.5 Å². The molecule has 2 atom stereocenters. The van der Waals surface area contributed by atoms with Crippen LogP contribution in [-0.2, 0) is 22.7 Å². The minimum atomic E-state index is -5.08. The van der Waals surface area contributed by atoms with Gasteiger partial charge in [0, 0.05) is 12.2 Å². The van der Waals surface area contributed by atoms with Crippen LogP contribution in [-0.4, -0.2) is 29.4 Å². The van der Waals surface area contributed by atoms with E-state index >= 15 is 0 Å². The molecule has 0 aliphatic carbocycles. The maximum absolute atomic E-state index is 13.7. The molecule has 1 aliphatic rings. The van der Waals surface area contributed by atoms with E-state index in [0.717, 1.165) is 0 Å². The Labute approximate surface area is 215 Å². The molecule has 1 heterocycles. The van der Waals surface area contributed by atoms with Gasteiger partial charge in [0.25, 0.3) is 0 Å². The van der Waals surface area contributed by atoms with Gasteiger partial charge < -0.3 is 15.5 Å². The number of carbonyl (C=O) groups excluding carboxylic acids is 2. The van der Waals surface area contributed by atoms with Crippen molar-refractivity contribution in [3.8, 4) is 0 Å². The van der Waals surface area contributed by atoms with Gasteiger partial charge in [-0.15, -0.1) is 0 Å². The molecule has 0 unspecified atom stereocenters. The first-order chi connectivity index (χ1) is 17.3. The third-order valence-corrected chi connectivity index (χ3v) is 6.61. The van der Waals surface area contributed by atoms with Crippen LogP contribution in [0, 0.1) is 11.2 Å². The lowest BCUT2D eigenvalue weighted by Crippen LogP contribution is -2.58. The molecule has 208 valence electrons. The molecule has 1 aliphatic heterocycles. The van der Waals surface area contributed by atoms with E-state index in [0.29, 0.717) is 37.1 Å². The number of alkyl halides is 6. The molecule has 38 heavy (non-hydrogen) atoms. The Morgan fingerprint density at radius 1 is 0.921 bits per heavy atom. The Morgan fingerprint density at radius 3 is 1.92 bits per heavy atom. The second-order valence-corrected chi connectivity index (χ2v) is 10.6. The van der Waals surface area contributed by atoms with Crippen molar-refractivity contribution >= 4 is 17.6 Å². The van der Waals surface area contributed by atoms with Crippen molar-refractivity contribution in [2.24, 2.45) is 5.41 Å². The predicted octanol–water partition coefficient (Wildman–Crippen LogP) is 6.94. The van der Waals surface area contributed by atoms with Gasteiger partial charge in [-0.05, 0) is 61.1 Å². The summed E-state index contributed by atoms with van der Waals surface area (Å²) in [6, 6.07) is 4.08. The zero-order valence-corrected chi connectivity index (χ0v) is 21.1. The number of nitrogens with one attached hydrogen (secondary N) is 2. The van der Waals surface area contributed by atoms with E-state index < -0.39 is 63.9 Å². The Kier molecular flexibility index (Phi) is 7.78. The highest BCUT2D eigenvalue weighted by molar-refractivity contribution is 5.94. The molecule has 1 saturated heterocycles. The molecule has 2 aromatic carbocycles. The summed E-state index contributed by atoms with van der Waals surface area (Å²) in [7, 11) is 0. The Balaban J connectivity index is 1.88. The lowest BCUT2D eigenvalue weighted by molar-refractivity contribution is -0.143. The number of carbonyl (C=O) groups is 2. The molecule has 3 amide bonds. The van der Waals surface area contributed by atoms with E-state index in [-0.39, 0.29) is 6.07 Å². The van der Waals surface area contributed by atoms with Crippen LogP contribution in [0.3, 0.4) is 0 Å². The Morgan fingerprint density at radius 2 is 1.45 bits per heavy atom. The Hall–Kier alpha value is -3.31. The topological polar surface area (TPSA) is 61.4 Å². The van der Waals surface area contributed by atoms with Crippen LogP contribution in [0.15, 0.2) is 42.5 Å². The maximum atomic E-state index is 13.7. The summed E-state index contributed by atoms with van der Waals surface area (Å²) in [5.41, 5.74) is -4.91. The number of urea groups is 1. The average molecular weight is 548 g/mol. The highest BCUT2D eigenvalue weighted by Gasteiger charge is 2.46. The summed E-state index contributed by atoms with van der Waals surface area (Å²) in [4.78, 5) is 28.1. The molecular formula is C26H28F7N3O2. The third-order valence-electron chi connectivity index (χ3n) is 6.61. The van der Waals surface area contributed by atoms with Crippen molar-refractivity contribution in [3.05, 3.63) is 65.0 Å². The van der Waals surface area contributed by atoms with Crippen molar-refractivity contribution < 1.29 is 40.3 Å². The van der Waals surface area contributed by atoms with E-state index in [9.17, 15) is 40.3 Å². The highest BCUT2D eigenvalue weighted by Crippen LogP contribution is 2.40. The number of amides is 3. The van der Waals surface area contributed by atoms with Crippen LogP contribution in [0.1, 0.15) is 57.2 Å². The molecule has 0 radical (unpaired) electrons. The van der Waals surface area contributed by atoms with Crippen molar-refractivity contribution in [2.75, 3.05) is 11.9 Å². The fourth-order valence-electron chi connectivity index (χ4n) is 4.56. The predicted molar refractivity (Wildman–Crippen MR) is 127 cm³/mol. The fraction of sp³-hybridized carbons (Fsp3) is 0.462. The second kappa shape index (κ2) is 10.1. The molecule has 12 heteroatoms. The van der Waals surface area contributed by atoms with Gasteiger partial charge in [0.15, 0.2) is 0 Å². The SMILES string of the molecule is CC(C)(C)[C@H](NC(=O)Nc1cc(C(F)(F)F)cc(C(F)(F)F)c1)C(=O)N1CCC[C@]1(C)c1ccc(F)cc1. The normalized spacial score (nSPS) is 19.3. The molecule has 0 saturated carbocycles. The van der Waals surface area contributed by atoms with E-state index in [1.54, 1.807) is 37.8 Å². The van der Waals surface area contributed by atoms with Crippen molar-refractivity contribution in [1.29, 1.82) is 0 Å². The molecule has 1 fully saturated rings. The lowest BCUT2D eigenvalue weighted by Gasteiger charge is -2.41. The number of hydrogen-bond acceptors (Lipinski definition) is 2. The van der Waals surface area contributed by atoms with Gasteiger partial charge in [-0.1, -0.05) is 32.9 Å². The minimum absolute atomic E-state index is 0.0474. The number of hydrogen-bond donors (Lipinski definition) is 2. The largest absolute Gasteiger partial charge is 0.416 e. The van der Waals surface area contributed by atoms with Crippen LogP contribution < -0.4 is 10.6 Å². The molecule has 3 rings (SSSR count). The summed E-state index contributed by atoms with van der Waals surface area (Å²) < 4.78 is 92.6. The second-order valence-electron chi connectivity index (χ2n) is 10.6. The standard InChI is InChI=1S/C26H28F7N3O2/c1-23(2,3)20(21(37)36-11-5-10-24(36,4)15-6-8-18(27)9-7-15)35-22(38)34-19-13-16(25(28,29)30)12-17(14-19)26(31,32)33/h6-9,12-14,20H,5,10-11H2,1-4H3,(H2,34,35,38)/t20-,24-/m1/s1. The molecule has 5 nitrogen and oxygen atoms in total. The van der Waals surface area contributed by atoms with Gasteiger partial charge in [0.05, 0.1) is 16.7 Å². The summed E-state index contributed by atoms with van der Waals surface area (Å²) in [6.07, 6.45) is -8.97. The smallest absolute Gasteiger partial charge is 0.331 e. The zero-order valence-electron chi connectivity index (χ0n) is 21.1. The third kappa shape index (κ3) is 6.39. The van der Waals surface area contributed by atoms with Crippen LogP contribution in [0.4, 0.5) is 41.2 Å². The van der Waals surface area contributed by atoms with Crippen molar-refractivity contribution in [1.82, 2.24) is 10.2 Å². The summed E-state index contributed by atoms with van der Waals surface area (Å²) >= 11 is 0. The highest BCUT2D eigenvalue weighted by atomic mass is 19.4. The molecule has 0 aromatic heterocycles. The minimum Gasteiger partial charge on any atom is -0.331 e. The number of benzene rings is 2. The first kappa shape index (κ1) is 29.2. The number of anilines is 1. The van der Waals surface area contributed by atoms with Gasteiger partial charge in [0.2, 0.25) is 5.91 Å². The maximum Gasteiger partial charge on any atom is 0.416 e. The number of nitrogens with zero attached hydrogens (tertiary/aromatic N) is 1. The van der Waals surface area contributed by atoms with Crippen LogP contribution in [0.25, 0.3) is 0 Å². The number of halogens is 7. The monoisotopic (exact) mass is 547 g/mol. The van der Waals surface area contributed by atoms with Crippen LogP contribution in [0.5, 0.6) is 0 Å². The van der Waals surface area contributed by atoms with Gasteiger partial charge in [-0.2, -0.15) is 26.3 Å². The first-order valence-corrected chi connectivity index (χ1v) is 11.8. The summed E-state index contributed by atoms with van der Waals surface area (Å²) in [5.74, 6) is -0.931. The summed E-state index contributed by atoms with van der Waals surface area (Å²) in [5, 5.41) is 4.44. The fourth-order valence-corrected chi connectivity index (χ4v) is 4.56. The molecule has 2 aromatic rings. The van der Waals surface area contributed by atoms with Crippen molar-refractivity contribution in [3.63, 3.8) is 0 Å². The van der Waals surface area contributed by atoms with E-state index in [1.165, 1.54) is 12.1 Å². The molecule has 2 N–H and O–H groups in total. The van der Waals surface area contributed by atoms with Crippen LogP contribution in [0.2, 0.25) is 0 Å². The van der Waals surface area contributed by atoms with E-state index in [4.69, 9.17) is 0 Å². The first-order valence-electron chi connectivity index (χ1n) is 11.8. The van der Waals surface area contributed by atoms with E-state index in [2.05, 4.69) is 5.32 Å². The van der Waals surface area contributed by atoms with Crippen LogP contribution >= 0.6 is 0 Å². The summed E-state index contributed by atoms with van der Waals surface area (Å²) in [6.45, 7) is 7.13. The average Bonchev–Trinajstić information content (AvgIpc) is 3.18. The van der Waals surface area contributed by atoms with Gasteiger partial charge >= 0.3 is 18.4 Å². The molecule has 0 spiro atoms. The lowest BCUT2D eigenvalue weighted by atomic mass is 9.83. The Bertz CT molecular complexity index is 1160. The quantitative estimate of drug-likeness (QED) is 0.408. The van der Waals surface area contributed by atoms with Gasteiger partial charge in [0.1, 0.15) is 11.9 Å². The zero-order chi connectivity index (χ0) is 28.7. The molecular weight excluding hydrogens is 519 g/mol. The number of likely N-dealkylation sites (tertiary alicyclic amines) is 1. The molecule has 0 bridgehead atoms.